The molecule has 92 valence electrons. The van der Waals surface area contributed by atoms with Crippen molar-refractivity contribution < 1.29 is 9.47 Å². The molecule has 0 saturated heterocycles. The summed E-state index contributed by atoms with van der Waals surface area (Å²) in [7, 11) is 0. The van der Waals surface area contributed by atoms with E-state index in [9.17, 15) is 0 Å². The standard InChI is InChI=1S/C12H15IN2O2/c1-2-3-16-4-5-17-12-10(13)6-9(8-14)7-11(12)15/h6-7H,2-5,15H2,1H3. The highest BCUT2D eigenvalue weighted by Crippen LogP contribution is 2.29. The van der Waals surface area contributed by atoms with Crippen LogP contribution < -0.4 is 10.5 Å². The minimum absolute atomic E-state index is 0.464. The first kappa shape index (κ1) is 14.1. The molecular weight excluding hydrogens is 331 g/mol. The van der Waals surface area contributed by atoms with Gasteiger partial charge in [-0.15, -0.1) is 0 Å². The van der Waals surface area contributed by atoms with Crippen LogP contribution in [0.5, 0.6) is 5.75 Å². The number of ether oxygens (including phenoxy) is 2. The molecule has 0 aliphatic rings. The number of nitriles is 1. The molecule has 1 rings (SSSR count). The molecule has 0 amide bonds. The van der Waals surface area contributed by atoms with Gasteiger partial charge in [0.15, 0.2) is 5.75 Å². The lowest BCUT2D eigenvalue weighted by Gasteiger charge is -2.11. The molecule has 2 N–H and O–H groups in total. The van der Waals surface area contributed by atoms with Crippen LogP contribution in [0.4, 0.5) is 5.69 Å². The summed E-state index contributed by atoms with van der Waals surface area (Å²) in [5, 5.41) is 8.78. The monoisotopic (exact) mass is 346 g/mol. The third kappa shape index (κ3) is 4.40. The van der Waals surface area contributed by atoms with Gasteiger partial charge in [-0.1, -0.05) is 6.92 Å². The molecule has 0 fully saturated rings. The van der Waals surface area contributed by atoms with Crippen LogP contribution in [0.3, 0.4) is 0 Å². The fourth-order valence-electron chi connectivity index (χ4n) is 1.28. The van der Waals surface area contributed by atoms with E-state index in [1.54, 1.807) is 12.1 Å². The van der Waals surface area contributed by atoms with Crippen molar-refractivity contribution in [3.05, 3.63) is 21.3 Å². The molecule has 0 radical (unpaired) electrons. The van der Waals surface area contributed by atoms with E-state index >= 15 is 0 Å². The second-order valence-electron chi connectivity index (χ2n) is 3.45. The predicted molar refractivity (Wildman–Crippen MR) is 74.9 cm³/mol. The van der Waals surface area contributed by atoms with Crippen molar-refractivity contribution in [2.24, 2.45) is 0 Å². The lowest BCUT2D eigenvalue weighted by Crippen LogP contribution is -2.09. The number of benzene rings is 1. The zero-order valence-electron chi connectivity index (χ0n) is 9.70. The summed E-state index contributed by atoms with van der Waals surface area (Å²) in [6, 6.07) is 5.42. The average molecular weight is 346 g/mol. The van der Waals surface area contributed by atoms with Crippen LogP contribution in [0.2, 0.25) is 0 Å². The van der Waals surface area contributed by atoms with E-state index in [0.717, 1.165) is 16.6 Å². The Bertz CT molecular complexity index is 392. The van der Waals surface area contributed by atoms with Crippen molar-refractivity contribution in [3.8, 4) is 11.8 Å². The van der Waals surface area contributed by atoms with Crippen LogP contribution in [0, 0.1) is 14.9 Å². The van der Waals surface area contributed by atoms with Crippen LogP contribution in [-0.4, -0.2) is 19.8 Å². The first-order valence-electron chi connectivity index (χ1n) is 5.38. The highest BCUT2D eigenvalue weighted by Gasteiger charge is 2.08. The van der Waals surface area contributed by atoms with E-state index < -0.39 is 0 Å². The van der Waals surface area contributed by atoms with E-state index in [1.807, 2.05) is 0 Å². The third-order valence-electron chi connectivity index (χ3n) is 2.02. The smallest absolute Gasteiger partial charge is 0.155 e. The molecule has 0 bridgehead atoms. The Morgan fingerprint density at radius 2 is 2.12 bits per heavy atom. The SMILES string of the molecule is CCCOCCOc1c(N)cc(C#N)cc1I. The summed E-state index contributed by atoms with van der Waals surface area (Å²) >= 11 is 2.11. The predicted octanol–water partition coefficient (Wildman–Crippen LogP) is 2.55. The molecule has 0 atom stereocenters. The first-order valence-corrected chi connectivity index (χ1v) is 6.46. The molecule has 4 nitrogen and oxygen atoms in total. The molecule has 0 aliphatic carbocycles. The van der Waals surface area contributed by atoms with Crippen molar-refractivity contribution in [1.82, 2.24) is 0 Å². The molecule has 5 heteroatoms. The van der Waals surface area contributed by atoms with Gasteiger partial charge in [-0.3, -0.25) is 0 Å². The largest absolute Gasteiger partial charge is 0.488 e. The maximum Gasteiger partial charge on any atom is 0.155 e. The lowest BCUT2D eigenvalue weighted by molar-refractivity contribution is 0.101. The number of nitrogens with two attached hydrogens (primary N) is 1. The summed E-state index contributed by atoms with van der Waals surface area (Å²) in [5.41, 5.74) is 6.85. The van der Waals surface area contributed by atoms with Gasteiger partial charge >= 0.3 is 0 Å². The number of hydrogen-bond donors (Lipinski definition) is 1. The van der Waals surface area contributed by atoms with E-state index in [4.69, 9.17) is 20.5 Å². The van der Waals surface area contributed by atoms with E-state index in [2.05, 4.69) is 35.6 Å². The number of nitrogens with zero attached hydrogens (tertiary/aromatic N) is 1. The molecule has 0 aliphatic heterocycles. The summed E-state index contributed by atoms with van der Waals surface area (Å²) in [6.07, 6.45) is 0.997. The second-order valence-corrected chi connectivity index (χ2v) is 4.61. The molecule has 1 aromatic carbocycles. The zero-order chi connectivity index (χ0) is 12.7. The number of halogens is 1. The Kier molecular flexibility index (Phi) is 6.08. The Morgan fingerprint density at radius 1 is 1.35 bits per heavy atom. The molecule has 17 heavy (non-hydrogen) atoms. The van der Waals surface area contributed by atoms with Crippen molar-refractivity contribution in [2.45, 2.75) is 13.3 Å². The summed E-state index contributed by atoms with van der Waals surface area (Å²) in [4.78, 5) is 0. The Hall–Kier alpha value is -1.00. The van der Waals surface area contributed by atoms with Crippen LogP contribution >= 0.6 is 22.6 Å². The van der Waals surface area contributed by atoms with Gasteiger partial charge in [0.2, 0.25) is 0 Å². The number of nitrogen functional groups attached to an aromatic ring is 1. The quantitative estimate of drug-likeness (QED) is 0.488. The average Bonchev–Trinajstić information content (AvgIpc) is 2.31. The second kappa shape index (κ2) is 7.35. The minimum atomic E-state index is 0.464. The minimum Gasteiger partial charge on any atom is -0.488 e. The van der Waals surface area contributed by atoms with Crippen molar-refractivity contribution in [2.75, 3.05) is 25.6 Å². The molecule has 0 saturated carbocycles. The normalized spacial score (nSPS) is 9.94. The molecular formula is C12H15IN2O2. The van der Waals surface area contributed by atoms with Crippen LogP contribution in [0.1, 0.15) is 18.9 Å². The molecule has 0 heterocycles. The van der Waals surface area contributed by atoms with Crippen LogP contribution in [-0.2, 0) is 4.74 Å². The van der Waals surface area contributed by atoms with Gasteiger partial charge in [-0.25, -0.2) is 0 Å². The summed E-state index contributed by atoms with van der Waals surface area (Å²) < 4.78 is 11.7. The third-order valence-corrected chi connectivity index (χ3v) is 2.83. The first-order chi connectivity index (χ1) is 8.19. The fraction of sp³-hybridized carbons (Fsp3) is 0.417. The maximum absolute atomic E-state index is 8.78. The Labute approximate surface area is 115 Å². The molecule has 0 aromatic heterocycles. The number of anilines is 1. The lowest BCUT2D eigenvalue weighted by atomic mass is 10.2. The van der Waals surface area contributed by atoms with Gasteiger partial charge in [0.1, 0.15) is 6.61 Å². The van der Waals surface area contributed by atoms with Gasteiger partial charge in [0, 0.05) is 6.61 Å². The van der Waals surface area contributed by atoms with Crippen LogP contribution in [0.15, 0.2) is 12.1 Å². The fourth-order valence-corrected chi connectivity index (χ4v) is 2.08. The molecule has 1 aromatic rings. The van der Waals surface area contributed by atoms with E-state index in [0.29, 0.717) is 30.2 Å². The molecule has 0 spiro atoms. The van der Waals surface area contributed by atoms with Crippen molar-refractivity contribution >= 4 is 28.3 Å². The number of hydrogen-bond acceptors (Lipinski definition) is 4. The number of rotatable bonds is 6. The zero-order valence-corrected chi connectivity index (χ0v) is 11.9. The van der Waals surface area contributed by atoms with Crippen molar-refractivity contribution in [1.29, 1.82) is 5.26 Å². The summed E-state index contributed by atoms with van der Waals surface area (Å²) in [5.74, 6) is 0.629. The highest BCUT2D eigenvalue weighted by atomic mass is 127. The maximum atomic E-state index is 8.78. The van der Waals surface area contributed by atoms with Gasteiger partial charge < -0.3 is 15.2 Å². The van der Waals surface area contributed by atoms with Gasteiger partial charge in [-0.2, -0.15) is 5.26 Å². The van der Waals surface area contributed by atoms with Gasteiger partial charge in [0.05, 0.1) is 27.5 Å². The topological polar surface area (TPSA) is 68.3 Å². The molecule has 0 unspecified atom stereocenters. The van der Waals surface area contributed by atoms with Gasteiger partial charge in [0.25, 0.3) is 0 Å². The highest BCUT2D eigenvalue weighted by molar-refractivity contribution is 14.1. The van der Waals surface area contributed by atoms with Crippen LogP contribution in [0.25, 0.3) is 0 Å². The Balaban J connectivity index is 2.57. The van der Waals surface area contributed by atoms with E-state index in [1.165, 1.54) is 0 Å². The Morgan fingerprint density at radius 3 is 2.71 bits per heavy atom. The van der Waals surface area contributed by atoms with Gasteiger partial charge in [-0.05, 0) is 41.1 Å². The van der Waals surface area contributed by atoms with E-state index in [-0.39, 0.29) is 0 Å². The summed E-state index contributed by atoms with van der Waals surface area (Å²) in [6.45, 7) is 3.81. The van der Waals surface area contributed by atoms with Crippen molar-refractivity contribution in [3.63, 3.8) is 0 Å².